The van der Waals surface area contributed by atoms with Crippen LogP contribution in [0.1, 0.15) is 27.9 Å². The first-order valence-electron chi connectivity index (χ1n) is 9.34. The minimum atomic E-state index is 0.281. The Labute approximate surface area is 179 Å². The number of benzene rings is 1. The lowest BCUT2D eigenvalue weighted by Gasteiger charge is -2.12. The van der Waals surface area contributed by atoms with Crippen LogP contribution in [0.5, 0.6) is 5.88 Å². The molecule has 30 heavy (non-hydrogen) atoms. The molecule has 0 saturated carbocycles. The predicted molar refractivity (Wildman–Crippen MR) is 115 cm³/mol. The highest BCUT2D eigenvalue weighted by Gasteiger charge is 2.08. The number of hydrogen-bond donors (Lipinski definition) is 1. The second-order valence-corrected chi connectivity index (χ2v) is 7.37. The molecule has 0 atom stereocenters. The average molecular weight is 419 g/mol. The van der Waals surface area contributed by atoms with Gasteiger partial charge in [0.2, 0.25) is 5.88 Å². The molecule has 0 unspecified atom stereocenters. The Hall–Kier alpha value is -3.63. The minimum Gasteiger partial charge on any atom is -0.471 e. The van der Waals surface area contributed by atoms with Crippen LogP contribution in [0.25, 0.3) is 5.65 Å². The van der Waals surface area contributed by atoms with E-state index in [1.54, 1.807) is 18.3 Å². The number of aryl methyl sites for hydroxylation is 2. The van der Waals surface area contributed by atoms with Crippen LogP contribution < -0.4 is 10.1 Å². The lowest BCUT2D eigenvalue weighted by Crippen LogP contribution is -2.06. The molecular formula is C22H19ClN6O. The number of halogens is 1. The zero-order chi connectivity index (χ0) is 21.1. The Morgan fingerprint density at radius 1 is 1.13 bits per heavy atom. The normalized spacial score (nSPS) is 10.7. The van der Waals surface area contributed by atoms with Crippen molar-refractivity contribution in [2.75, 3.05) is 5.32 Å². The van der Waals surface area contributed by atoms with E-state index in [0.29, 0.717) is 28.8 Å². The van der Waals surface area contributed by atoms with Gasteiger partial charge in [0.25, 0.3) is 0 Å². The van der Waals surface area contributed by atoms with Gasteiger partial charge in [0.05, 0.1) is 22.3 Å². The second-order valence-electron chi connectivity index (χ2n) is 6.93. The van der Waals surface area contributed by atoms with E-state index in [1.165, 1.54) is 6.33 Å². The molecule has 4 rings (SSSR count). The van der Waals surface area contributed by atoms with Crippen LogP contribution in [-0.2, 0) is 13.2 Å². The molecule has 0 bridgehead atoms. The summed E-state index contributed by atoms with van der Waals surface area (Å²) in [5.41, 5.74) is 5.51. The molecule has 0 fully saturated rings. The number of fused-ring (bicyclic) bond motifs is 1. The summed E-state index contributed by atoms with van der Waals surface area (Å²) in [6.45, 7) is 4.87. The van der Waals surface area contributed by atoms with E-state index in [2.05, 4.69) is 26.3 Å². The maximum Gasteiger partial charge on any atom is 0.218 e. The summed E-state index contributed by atoms with van der Waals surface area (Å²) in [7, 11) is 0. The van der Waals surface area contributed by atoms with Crippen LogP contribution in [0.3, 0.4) is 0 Å². The maximum atomic E-state index is 9.09. The third-order valence-corrected chi connectivity index (χ3v) is 4.97. The lowest BCUT2D eigenvalue weighted by atomic mass is 10.00. The maximum absolute atomic E-state index is 9.09. The Morgan fingerprint density at radius 2 is 1.93 bits per heavy atom. The van der Waals surface area contributed by atoms with Gasteiger partial charge in [-0.1, -0.05) is 11.6 Å². The van der Waals surface area contributed by atoms with Gasteiger partial charge in [0.15, 0.2) is 0 Å². The molecule has 0 amide bonds. The fourth-order valence-electron chi connectivity index (χ4n) is 3.27. The summed E-state index contributed by atoms with van der Waals surface area (Å²) in [6.07, 6.45) is 5.13. The van der Waals surface area contributed by atoms with Crippen LogP contribution in [0.4, 0.5) is 5.82 Å². The molecule has 0 radical (unpaired) electrons. The van der Waals surface area contributed by atoms with Gasteiger partial charge in [0.1, 0.15) is 24.4 Å². The molecule has 0 aliphatic rings. The van der Waals surface area contributed by atoms with E-state index in [0.717, 1.165) is 28.0 Å². The summed E-state index contributed by atoms with van der Waals surface area (Å²) in [4.78, 5) is 12.9. The standard InChI is InChI=1S/C22H19ClN6O/c1-14-5-16(8-24)6-15(2)19(14)9-25-20-7-22(27-13-26-20)30-12-18-11-29-10-17(23)3-4-21(29)28-18/h3-7,10-11,13H,9,12H2,1-2H3,(H,25,26,27). The van der Waals surface area contributed by atoms with Gasteiger partial charge in [0, 0.05) is 25.0 Å². The van der Waals surface area contributed by atoms with E-state index in [-0.39, 0.29) is 6.61 Å². The molecule has 0 spiro atoms. The number of aromatic nitrogens is 4. The molecule has 4 aromatic rings. The Kier molecular flexibility index (Phi) is 5.50. The topological polar surface area (TPSA) is 88.1 Å². The molecule has 0 aliphatic heterocycles. The summed E-state index contributed by atoms with van der Waals surface area (Å²) < 4.78 is 7.64. The van der Waals surface area contributed by atoms with Crippen molar-refractivity contribution < 1.29 is 4.74 Å². The van der Waals surface area contributed by atoms with Gasteiger partial charge in [-0.2, -0.15) is 5.26 Å². The number of nitriles is 1. The number of nitrogens with zero attached hydrogens (tertiary/aromatic N) is 5. The number of nitrogens with one attached hydrogen (secondary N) is 1. The van der Waals surface area contributed by atoms with Crippen molar-refractivity contribution in [2.45, 2.75) is 27.0 Å². The summed E-state index contributed by atoms with van der Waals surface area (Å²) in [6, 6.07) is 11.4. The first-order chi connectivity index (χ1) is 14.5. The van der Waals surface area contributed by atoms with E-state index in [1.807, 2.05) is 42.6 Å². The van der Waals surface area contributed by atoms with Crippen molar-refractivity contribution in [1.29, 1.82) is 5.26 Å². The van der Waals surface area contributed by atoms with Gasteiger partial charge in [-0.25, -0.2) is 15.0 Å². The van der Waals surface area contributed by atoms with Gasteiger partial charge >= 0.3 is 0 Å². The molecule has 1 aromatic carbocycles. The molecule has 7 nitrogen and oxygen atoms in total. The van der Waals surface area contributed by atoms with Crippen molar-refractivity contribution >= 4 is 23.1 Å². The fraction of sp³-hybridized carbons (Fsp3) is 0.182. The van der Waals surface area contributed by atoms with Crippen LogP contribution in [0.15, 0.2) is 49.1 Å². The molecule has 150 valence electrons. The predicted octanol–water partition coefficient (Wildman–Crippen LogP) is 4.46. The quantitative estimate of drug-likeness (QED) is 0.497. The molecule has 0 saturated heterocycles. The number of rotatable bonds is 6. The smallest absolute Gasteiger partial charge is 0.218 e. The molecule has 3 aromatic heterocycles. The largest absolute Gasteiger partial charge is 0.471 e. The van der Waals surface area contributed by atoms with Crippen LogP contribution >= 0.6 is 11.6 Å². The van der Waals surface area contributed by atoms with E-state index < -0.39 is 0 Å². The van der Waals surface area contributed by atoms with E-state index in [9.17, 15) is 0 Å². The highest BCUT2D eigenvalue weighted by atomic mass is 35.5. The number of anilines is 1. The molecule has 0 aliphatic carbocycles. The van der Waals surface area contributed by atoms with E-state index in [4.69, 9.17) is 21.6 Å². The first kappa shape index (κ1) is 19.7. The third kappa shape index (κ3) is 4.34. The molecule has 1 N–H and O–H groups in total. The highest BCUT2D eigenvalue weighted by Crippen LogP contribution is 2.19. The number of imidazole rings is 1. The number of ether oxygens (including phenoxy) is 1. The Bertz CT molecular complexity index is 1240. The van der Waals surface area contributed by atoms with Gasteiger partial charge in [-0.05, 0) is 54.8 Å². The van der Waals surface area contributed by atoms with Crippen molar-refractivity contribution in [3.63, 3.8) is 0 Å². The fourth-order valence-corrected chi connectivity index (χ4v) is 3.43. The van der Waals surface area contributed by atoms with Gasteiger partial charge < -0.3 is 14.5 Å². The zero-order valence-electron chi connectivity index (χ0n) is 16.6. The molecule has 3 heterocycles. The third-order valence-electron chi connectivity index (χ3n) is 4.75. The van der Waals surface area contributed by atoms with Crippen LogP contribution in [0, 0.1) is 25.2 Å². The minimum absolute atomic E-state index is 0.281. The van der Waals surface area contributed by atoms with E-state index >= 15 is 0 Å². The first-order valence-corrected chi connectivity index (χ1v) is 9.71. The van der Waals surface area contributed by atoms with Crippen molar-refractivity contribution in [2.24, 2.45) is 0 Å². The summed E-state index contributed by atoms with van der Waals surface area (Å²) >= 11 is 6.01. The highest BCUT2D eigenvalue weighted by molar-refractivity contribution is 6.30. The number of hydrogen-bond acceptors (Lipinski definition) is 6. The lowest BCUT2D eigenvalue weighted by molar-refractivity contribution is 0.289. The molecular weight excluding hydrogens is 400 g/mol. The van der Waals surface area contributed by atoms with Crippen LogP contribution in [0.2, 0.25) is 5.02 Å². The number of pyridine rings is 1. The summed E-state index contributed by atoms with van der Waals surface area (Å²) in [5.74, 6) is 1.11. The van der Waals surface area contributed by atoms with Gasteiger partial charge in [-0.3, -0.25) is 0 Å². The van der Waals surface area contributed by atoms with Crippen molar-refractivity contribution in [1.82, 2.24) is 19.4 Å². The van der Waals surface area contributed by atoms with Crippen molar-refractivity contribution in [3.05, 3.63) is 82.0 Å². The second kappa shape index (κ2) is 8.39. The Morgan fingerprint density at radius 3 is 2.70 bits per heavy atom. The summed E-state index contributed by atoms with van der Waals surface area (Å²) in [5, 5.41) is 13.0. The molecule has 8 heteroatoms. The Balaban J connectivity index is 1.42. The zero-order valence-corrected chi connectivity index (χ0v) is 17.3. The SMILES string of the molecule is Cc1cc(C#N)cc(C)c1CNc1cc(OCc2cn3cc(Cl)ccc3n2)ncn1. The van der Waals surface area contributed by atoms with Crippen LogP contribution in [-0.4, -0.2) is 19.4 Å². The monoisotopic (exact) mass is 418 g/mol. The van der Waals surface area contributed by atoms with Gasteiger partial charge in [-0.15, -0.1) is 0 Å². The average Bonchev–Trinajstić information content (AvgIpc) is 3.14. The van der Waals surface area contributed by atoms with Crippen molar-refractivity contribution in [3.8, 4) is 11.9 Å².